The number of hydrogen-bond donors (Lipinski definition) is 2. The minimum atomic E-state index is -1.41. The summed E-state index contributed by atoms with van der Waals surface area (Å²) in [5, 5.41) is -0.850. The molecular formula is C15H14ClF2N3O2. The largest absolute Gasteiger partial charge is 0.396 e. The maximum absolute atomic E-state index is 14.0. The molecule has 5 nitrogen and oxygen atoms in total. The lowest BCUT2D eigenvalue weighted by Gasteiger charge is -2.27. The third-order valence-corrected chi connectivity index (χ3v) is 4.74. The first-order valence-corrected chi connectivity index (χ1v) is 7.31. The SMILES string of the molecule is CC1(C)CCc2c(C(N)=O)c(=O)c3c(N)c(F)c(F)c(Cl)c3n21. The van der Waals surface area contributed by atoms with Crippen molar-refractivity contribution in [3.63, 3.8) is 0 Å². The van der Waals surface area contributed by atoms with E-state index < -0.39 is 39.2 Å². The first-order chi connectivity index (χ1) is 10.6. The molecule has 0 unspecified atom stereocenters. The Morgan fingerprint density at radius 2 is 1.91 bits per heavy atom. The van der Waals surface area contributed by atoms with Crippen LogP contribution in [0.5, 0.6) is 0 Å². The van der Waals surface area contributed by atoms with Crippen molar-refractivity contribution in [1.82, 2.24) is 4.57 Å². The molecule has 1 aliphatic heterocycles. The van der Waals surface area contributed by atoms with Crippen LogP contribution in [0.2, 0.25) is 5.02 Å². The number of primary amides is 1. The lowest BCUT2D eigenvalue weighted by molar-refractivity contribution is 0.0998. The number of halogens is 3. The van der Waals surface area contributed by atoms with Crippen LogP contribution < -0.4 is 16.9 Å². The Balaban J connectivity index is 2.73. The number of carbonyl (C=O) groups is 1. The molecule has 0 fully saturated rings. The monoisotopic (exact) mass is 341 g/mol. The van der Waals surface area contributed by atoms with Crippen LogP contribution in [-0.4, -0.2) is 10.5 Å². The molecule has 1 aromatic carbocycles. The van der Waals surface area contributed by atoms with Crippen LogP contribution in [0.4, 0.5) is 14.5 Å². The number of rotatable bonds is 1. The Morgan fingerprint density at radius 3 is 2.48 bits per heavy atom. The Bertz CT molecular complexity index is 951. The van der Waals surface area contributed by atoms with Crippen LogP contribution in [0.3, 0.4) is 0 Å². The maximum atomic E-state index is 14.0. The number of benzene rings is 1. The molecule has 2 aromatic rings. The van der Waals surface area contributed by atoms with Crippen molar-refractivity contribution in [1.29, 1.82) is 0 Å². The number of nitrogen functional groups attached to an aromatic ring is 1. The van der Waals surface area contributed by atoms with Crippen LogP contribution in [-0.2, 0) is 12.0 Å². The average molecular weight is 342 g/mol. The summed E-state index contributed by atoms with van der Waals surface area (Å²) < 4.78 is 29.5. The van der Waals surface area contributed by atoms with E-state index in [1.54, 1.807) is 4.57 Å². The number of nitrogens with two attached hydrogens (primary N) is 2. The van der Waals surface area contributed by atoms with Gasteiger partial charge in [0.1, 0.15) is 10.6 Å². The van der Waals surface area contributed by atoms with Gasteiger partial charge in [-0.2, -0.15) is 0 Å². The van der Waals surface area contributed by atoms with Crippen molar-refractivity contribution in [3.8, 4) is 0 Å². The molecule has 0 spiro atoms. The topological polar surface area (TPSA) is 91.1 Å². The number of anilines is 1. The van der Waals surface area contributed by atoms with Gasteiger partial charge in [-0.25, -0.2) is 8.78 Å². The summed E-state index contributed by atoms with van der Waals surface area (Å²) in [6, 6.07) is 0. The van der Waals surface area contributed by atoms with Crippen molar-refractivity contribution < 1.29 is 13.6 Å². The summed E-state index contributed by atoms with van der Waals surface area (Å²) in [7, 11) is 0. The fourth-order valence-corrected chi connectivity index (χ4v) is 3.57. The van der Waals surface area contributed by atoms with E-state index in [0.29, 0.717) is 18.5 Å². The molecule has 0 bridgehead atoms. The second-order valence-electron chi connectivity index (χ2n) is 6.24. The Kier molecular flexibility index (Phi) is 3.20. The van der Waals surface area contributed by atoms with E-state index in [9.17, 15) is 18.4 Å². The number of aromatic nitrogens is 1. The molecular weight excluding hydrogens is 328 g/mol. The highest BCUT2D eigenvalue weighted by molar-refractivity contribution is 6.36. The number of amides is 1. The quantitative estimate of drug-likeness (QED) is 0.616. The van der Waals surface area contributed by atoms with Gasteiger partial charge in [0.2, 0.25) is 5.43 Å². The van der Waals surface area contributed by atoms with Gasteiger partial charge >= 0.3 is 0 Å². The fourth-order valence-electron chi connectivity index (χ4n) is 3.30. The number of fused-ring (bicyclic) bond motifs is 3. The standard InChI is InChI=1S/C15H14ClF2N3O2/c1-15(2)4-3-5-6(14(20)23)13(22)7-11(19)10(18)9(17)8(16)12(7)21(5)15/h3-4,19H2,1-2H3,(H2,20,23). The Hall–Kier alpha value is -2.15. The van der Waals surface area contributed by atoms with E-state index in [1.807, 2.05) is 13.8 Å². The number of pyridine rings is 1. The van der Waals surface area contributed by atoms with Crippen molar-refractivity contribution in [2.75, 3.05) is 5.73 Å². The molecule has 4 N–H and O–H groups in total. The number of carbonyl (C=O) groups excluding carboxylic acids is 1. The number of nitrogens with zero attached hydrogens (tertiary/aromatic N) is 1. The molecule has 0 saturated carbocycles. The Morgan fingerprint density at radius 1 is 1.30 bits per heavy atom. The minimum absolute atomic E-state index is 0.00410. The zero-order valence-corrected chi connectivity index (χ0v) is 13.2. The van der Waals surface area contributed by atoms with Gasteiger partial charge in [0.05, 0.1) is 16.6 Å². The van der Waals surface area contributed by atoms with Gasteiger partial charge in [0.15, 0.2) is 11.6 Å². The fraction of sp³-hybridized carbons (Fsp3) is 0.333. The second-order valence-corrected chi connectivity index (χ2v) is 6.62. The molecule has 0 radical (unpaired) electrons. The smallest absolute Gasteiger partial charge is 0.254 e. The predicted octanol–water partition coefficient (Wildman–Crippen LogP) is 2.30. The van der Waals surface area contributed by atoms with E-state index in [1.165, 1.54) is 0 Å². The highest BCUT2D eigenvalue weighted by atomic mass is 35.5. The lowest BCUT2D eigenvalue weighted by atomic mass is 10.0. The summed E-state index contributed by atoms with van der Waals surface area (Å²) in [4.78, 5) is 24.4. The summed E-state index contributed by atoms with van der Waals surface area (Å²) in [6.07, 6.45) is 0.979. The highest BCUT2D eigenvalue weighted by Gasteiger charge is 2.37. The predicted molar refractivity (Wildman–Crippen MR) is 83.7 cm³/mol. The van der Waals surface area contributed by atoms with E-state index in [0.717, 1.165) is 0 Å². The summed E-state index contributed by atoms with van der Waals surface area (Å²) in [5.41, 5.74) is 8.98. The average Bonchev–Trinajstić information content (AvgIpc) is 2.76. The third-order valence-electron chi connectivity index (χ3n) is 4.40. The van der Waals surface area contributed by atoms with E-state index in [-0.39, 0.29) is 16.5 Å². The molecule has 122 valence electrons. The van der Waals surface area contributed by atoms with Crippen LogP contribution in [0.1, 0.15) is 36.3 Å². The van der Waals surface area contributed by atoms with Gasteiger partial charge in [0, 0.05) is 11.2 Å². The summed E-state index contributed by atoms with van der Waals surface area (Å²) in [5.74, 6) is -3.66. The minimum Gasteiger partial charge on any atom is -0.396 e. The zero-order chi connectivity index (χ0) is 17.3. The van der Waals surface area contributed by atoms with Gasteiger partial charge in [-0.1, -0.05) is 11.6 Å². The molecule has 0 saturated heterocycles. The van der Waals surface area contributed by atoms with Crippen LogP contribution in [0, 0.1) is 11.6 Å². The Labute approximate surface area is 134 Å². The van der Waals surface area contributed by atoms with Crippen molar-refractivity contribution in [3.05, 3.63) is 38.1 Å². The molecule has 8 heteroatoms. The zero-order valence-electron chi connectivity index (χ0n) is 12.5. The summed E-state index contributed by atoms with van der Waals surface area (Å²) in [6.45, 7) is 3.68. The lowest BCUT2D eigenvalue weighted by Crippen LogP contribution is -2.31. The van der Waals surface area contributed by atoms with Crippen molar-refractivity contribution in [2.24, 2.45) is 5.73 Å². The molecule has 3 rings (SSSR count). The van der Waals surface area contributed by atoms with Crippen LogP contribution >= 0.6 is 11.6 Å². The molecule has 2 heterocycles. The van der Waals surface area contributed by atoms with E-state index in [2.05, 4.69) is 0 Å². The van der Waals surface area contributed by atoms with Gasteiger partial charge < -0.3 is 16.0 Å². The number of hydrogen-bond acceptors (Lipinski definition) is 3. The van der Waals surface area contributed by atoms with Crippen LogP contribution in [0.25, 0.3) is 10.9 Å². The van der Waals surface area contributed by atoms with Crippen molar-refractivity contribution >= 4 is 34.1 Å². The van der Waals surface area contributed by atoms with Gasteiger partial charge in [-0.3, -0.25) is 9.59 Å². The van der Waals surface area contributed by atoms with Crippen molar-refractivity contribution in [2.45, 2.75) is 32.2 Å². The van der Waals surface area contributed by atoms with Gasteiger partial charge in [-0.05, 0) is 26.7 Å². The summed E-state index contributed by atoms with van der Waals surface area (Å²) >= 11 is 5.97. The third kappa shape index (κ3) is 1.89. The molecule has 0 aliphatic carbocycles. The highest BCUT2D eigenvalue weighted by Crippen LogP contribution is 2.41. The van der Waals surface area contributed by atoms with Gasteiger partial charge in [-0.15, -0.1) is 0 Å². The first kappa shape index (κ1) is 15.7. The molecule has 1 aliphatic rings. The molecule has 0 atom stereocenters. The maximum Gasteiger partial charge on any atom is 0.254 e. The van der Waals surface area contributed by atoms with Crippen LogP contribution in [0.15, 0.2) is 4.79 Å². The normalized spacial score (nSPS) is 15.9. The van der Waals surface area contributed by atoms with Gasteiger partial charge in [0.25, 0.3) is 5.91 Å². The molecule has 23 heavy (non-hydrogen) atoms. The van der Waals surface area contributed by atoms with E-state index >= 15 is 0 Å². The molecule has 1 aromatic heterocycles. The van der Waals surface area contributed by atoms with E-state index in [4.69, 9.17) is 23.1 Å². The second kappa shape index (κ2) is 4.67. The molecule has 1 amide bonds. The first-order valence-electron chi connectivity index (χ1n) is 6.93.